The van der Waals surface area contributed by atoms with Gasteiger partial charge in [0.25, 0.3) is 0 Å². The van der Waals surface area contributed by atoms with Crippen LogP contribution >= 0.6 is 23.2 Å². The van der Waals surface area contributed by atoms with Crippen LogP contribution in [0.3, 0.4) is 0 Å². The first-order chi connectivity index (χ1) is 4.66. The van der Waals surface area contributed by atoms with Gasteiger partial charge >= 0.3 is 0 Å². The fraction of sp³-hybridized carbons (Fsp3) is 0.667. The third kappa shape index (κ3) is 1.18. The van der Waals surface area contributed by atoms with Crippen LogP contribution in [0.1, 0.15) is 13.8 Å². The summed E-state index contributed by atoms with van der Waals surface area (Å²) in [6.07, 6.45) is 0.227. The van der Waals surface area contributed by atoms with Crippen molar-refractivity contribution in [3.05, 3.63) is 10.3 Å². The van der Waals surface area contributed by atoms with Gasteiger partial charge in [0.15, 0.2) is 0 Å². The molecule has 0 aromatic rings. The molecule has 1 heterocycles. The SMILES string of the molecule is CCN1C(Cl)=C(Cl)NC1C. The van der Waals surface area contributed by atoms with Crippen LogP contribution < -0.4 is 5.32 Å². The molecule has 0 saturated heterocycles. The van der Waals surface area contributed by atoms with Crippen molar-refractivity contribution in [3.63, 3.8) is 0 Å². The van der Waals surface area contributed by atoms with Gasteiger partial charge in [0, 0.05) is 6.54 Å². The molecule has 0 radical (unpaired) electrons. The third-order valence-electron chi connectivity index (χ3n) is 1.58. The second kappa shape index (κ2) is 2.89. The van der Waals surface area contributed by atoms with Crippen molar-refractivity contribution in [2.75, 3.05) is 6.54 Å². The first-order valence-corrected chi connectivity index (χ1v) is 4.01. The van der Waals surface area contributed by atoms with E-state index in [1.165, 1.54) is 0 Å². The molecule has 2 nitrogen and oxygen atoms in total. The molecule has 4 heteroatoms. The summed E-state index contributed by atoms with van der Waals surface area (Å²) in [6.45, 7) is 4.93. The lowest BCUT2D eigenvalue weighted by Crippen LogP contribution is -2.33. The maximum absolute atomic E-state index is 5.83. The van der Waals surface area contributed by atoms with E-state index in [1.54, 1.807) is 0 Å². The summed E-state index contributed by atoms with van der Waals surface area (Å²) in [5, 5.41) is 4.18. The van der Waals surface area contributed by atoms with Gasteiger partial charge in [-0.2, -0.15) is 0 Å². The smallest absolute Gasteiger partial charge is 0.141 e. The first-order valence-electron chi connectivity index (χ1n) is 3.25. The minimum Gasteiger partial charge on any atom is -0.354 e. The second-order valence-corrected chi connectivity index (χ2v) is 2.95. The quantitative estimate of drug-likeness (QED) is 0.621. The van der Waals surface area contributed by atoms with Crippen LogP contribution in [0.4, 0.5) is 0 Å². The predicted octanol–water partition coefficient (Wildman–Crippen LogP) is 1.86. The lowest BCUT2D eigenvalue weighted by molar-refractivity contribution is 0.304. The standard InChI is InChI=1S/C6H10Cl2N2/c1-3-10-4(2)9-5(7)6(10)8/h4,9H,3H2,1-2H3. The summed E-state index contributed by atoms with van der Waals surface area (Å²) in [4.78, 5) is 1.99. The highest BCUT2D eigenvalue weighted by Gasteiger charge is 2.23. The number of rotatable bonds is 1. The Morgan fingerprint density at radius 3 is 2.40 bits per heavy atom. The Morgan fingerprint density at radius 2 is 2.20 bits per heavy atom. The molecule has 10 heavy (non-hydrogen) atoms. The van der Waals surface area contributed by atoms with E-state index >= 15 is 0 Å². The summed E-state index contributed by atoms with van der Waals surface area (Å²) in [5.74, 6) is 0. The molecule has 1 aliphatic heterocycles. The molecule has 0 aromatic carbocycles. The second-order valence-electron chi connectivity index (χ2n) is 2.21. The van der Waals surface area contributed by atoms with Crippen LogP contribution in [-0.4, -0.2) is 17.6 Å². The molecule has 1 unspecified atom stereocenters. The average molecular weight is 181 g/mol. The van der Waals surface area contributed by atoms with Gasteiger partial charge in [-0.1, -0.05) is 23.2 Å². The Balaban J connectivity index is 2.72. The van der Waals surface area contributed by atoms with Crippen LogP contribution in [0.5, 0.6) is 0 Å². The molecule has 0 saturated carbocycles. The molecule has 0 spiro atoms. The predicted molar refractivity (Wildman–Crippen MR) is 43.7 cm³/mol. The van der Waals surface area contributed by atoms with Crippen LogP contribution in [0.2, 0.25) is 0 Å². The average Bonchev–Trinajstić information content (AvgIpc) is 2.09. The third-order valence-corrected chi connectivity index (χ3v) is 2.37. The van der Waals surface area contributed by atoms with Crippen LogP contribution in [-0.2, 0) is 0 Å². The van der Waals surface area contributed by atoms with Crippen molar-refractivity contribution in [2.24, 2.45) is 0 Å². The van der Waals surface area contributed by atoms with Gasteiger partial charge in [-0.05, 0) is 13.8 Å². The lowest BCUT2D eigenvalue weighted by Gasteiger charge is -2.21. The van der Waals surface area contributed by atoms with E-state index in [2.05, 4.69) is 5.32 Å². The fourth-order valence-electron chi connectivity index (χ4n) is 1.03. The van der Waals surface area contributed by atoms with E-state index in [0.717, 1.165) is 6.54 Å². The maximum Gasteiger partial charge on any atom is 0.141 e. The molecule has 0 fully saturated rings. The van der Waals surface area contributed by atoms with Gasteiger partial charge in [-0.25, -0.2) is 0 Å². The van der Waals surface area contributed by atoms with E-state index in [0.29, 0.717) is 10.3 Å². The maximum atomic E-state index is 5.83. The largest absolute Gasteiger partial charge is 0.354 e. The summed E-state index contributed by atoms with van der Waals surface area (Å²) in [6, 6.07) is 0. The van der Waals surface area contributed by atoms with Crippen molar-refractivity contribution in [2.45, 2.75) is 20.0 Å². The van der Waals surface area contributed by atoms with E-state index in [-0.39, 0.29) is 6.17 Å². The fourth-order valence-corrected chi connectivity index (χ4v) is 1.62. The highest BCUT2D eigenvalue weighted by molar-refractivity contribution is 6.39. The van der Waals surface area contributed by atoms with E-state index in [9.17, 15) is 0 Å². The zero-order valence-corrected chi connectivity index (χ0v) is 7.50. The normalized spacial score (nSPS) is 25.6. The zero-order chi connectivity index (χ0) is 7.72. The minimum atomic E-state index is 0.227. The molecule has 1 N–H and O–H groups in total. The van der Waals surface area contributed by atoms with Crippen molar-refractivity contribution in [1.82, 2.24) is 10.2 Å². The van der Waals surface area contributed by atoms with Crippen LogP contribution in [0, 0.1) is 0 Å². The number of nitrogens with one attached hydrogen (secondary N) is 1. The Labute approximate surface area is 70.8 Å². The topological polar surface area (TPSA) is 15.3 Å². The van der Waals surface area contributed by atoms with Crippen LogP contribution in [0.25, 0.3) is 0 Å². The highest BCUT2D eigenvalue weighted by Crippen LogP contribution is 2.24. The van der Waals surface area contributed by atoms with Gasteiger partial charge in [0.1, 0.15) is 10.3 Å². The Morgan fingerprint density at radius 1 is 1.60 bits per heavy atom. The van der Waals surface area contributed by atoms with Crippen molar-refractivity contribution < 1.29 is 0 Å². The summed E-state index contributed by atoms with van der Waals surface area (Å²) < 4.78 is 0. The molecule has 0 bridgehead atoms. The number of nitrogens with zero attached hydrogens (tertiary/aromatic N) is 1. The molecule has 1 aliphatic rings. The van der Waals surface area contributed by atoms with Gasteiger partial charge in [-0.3, -0.25) is 0 Å². The number of hydrogen-bond acceptors (Lipinski definition) is 2. The van der Waals surface area contributed by atoms with Crippen molar-refractivity contribution >= 4 is 23.2 Å². The summed E-state index contributed by atoms with van der Waals surface area (Å²) in [5.41, 5.74) is 0. The number of hydrogen-bond donors (Lipinski definition) is 1. The minimum absolute atomic E-state index is 0.227. The molecular formula is C6H10Cl2N2. The number of halogens is 2. The Hall–Kier alpha value is -0.0800. The lowest BCUT2D eigenvalue weighted by atomic mass is 10.5. The van der Waals surface area contributed by atoms with Gasteiger partial charge in [-0.15, -0.1) is 0 Å². The molecule has 1 rings (SSSR count). The van der Waals surface area contributed by atoms with Gasteiger partial charge < -0.3 is 10.2 Å². The van der Waals surface area contributed by atoms with E-state index in [1.807, 2.05) is 18.7 Å². The molecule has 0 amide bonds. The van der Waals surface area contributed by atoms with Gasteiger partial charge in [0.2, 0.25) is 0 Å². The van der Waals surface area contributed by atoms with E-state index < -0.39 is 0 Å². The summed E-state index contributed by atoms with van der Waals surface area (Å²) >= 11 is 11.6. The first kappa shape index (κ1) is 8.02. The van der Waals surface area contributed by atoms with Gasteiger partial charge in [0.05, 0.1) is 6.17 Å². The Kier molecular flexibility index (Phi) is 2.32. The van der Waals surface area contributed by atoms with Crippen molar-refractivity contribution in [3.8, 4) is 0 Å². The molecule has 58 valence electrons. The zero-order valence-electron chi connectivity index (χ0n) is 5.99. The molecular weight excluding hydrogens is 171 g/mol. The Bertz CT molecular complexity index is 167. The molecule has 1 atom stereocenters. The molecule has 0 aliphatic carbocycles. The highest BCUT2D eigenvalue weighted by atomic mass is 35.5. The van der Waals surface area contributed by atoms with E-state index in [4.69, 9.17) is 23.2 Å². The van der Waals surface area contributed by atoms with Crippen molar-refractivity contribution in [1.29, 1.82) is 0 Å². The molecule has 0 aromatic heterocycles. The van der Waals surface area contributed by atoms with Crippen LogP contribution in [0.15, 0.2) is 10.3 Å². The monoisotopic (exact) mass is 180 g/mol. The summed E-state index contributed by atoms with van der Waals surface area (Å²) in [7, 11) is 0.